The summed E-state index contributed by atoms with van der Waals surface area (Å²) < 4.78 is 13.4. The molecule has 5 rings (SSSR count). The van der Waals surface area contributed by atoms with Crippen molar-refractivity contribution >= 4 is 11.0 Å². The van der Waals surface area contributed by atoms with E-state index in [0.29, 0.717) is 6.61 Å². The molecule has 0 spiro atoms. The first-order chi connectivity index (χ1) is 12.7. The third kappa shape index (κ3) is 2.73. The summed E-state index contributed by atoms with van der Waals surface area (Å²) in [7, 11) is 0. The number of imidazole rings is 1. The maximum Gasteiger partial charge on any atom is 0.153 e. The van der Waals surface area contributed by atoms with Crippen LogP contribution >= 0.6 is 0 Å². The molecule has 6 nitrogen and oxygen atoms in total. The van der Waals surface area contributed by atoms with Crippen LogP contribution in [-0.2, 0) is 6.54 Å². The van der Waals surface area contributed by atoms with Gasteiger partial charge in [0.25, 0.3) is 0 Å². The molecule has 0 aliphatic carbocycles. The molecule has 0 atom stereocenters. The summed E-state index contributed by atoms with van der Waals surface area (Å²) in [5.74, 6) is 2.74. The minimum absolute atomic E-state index is 0.666. The SMILES string of the molecule is Cc1noc(C)c1-c1ccc2nc(C)n3c2c1OCC3.c1ccncc1. The summed E-state index contributed by atoms with van der Waals surface area (Å²) in [6.45, 7) is 7.43. The van der Waals surface area contributed by atoms with Crippen LogP contribution in [0.5, 0.6) is 5.75 Å². The third-order valence-electron chi connectivity index (χ3n) is 4.48. The van der Waals surface area contributed by atoms with Gasteiger partial charge in [-0.25, -0.2) is 4.98 Å². The Balaban J connectivity index is 0.000000240. The fourth-order valence-corrected chi connectivity index (χ4v) is 3.34. The van der Waals surface area contributed by atoms with Crippen LogP contribution in [0, 0.1) is 20.8 Å². The van der Waals surface area contributed by atoms with Gasteiger partial charge in [0.15, 0.2) is 5.75 Å². The molecule has 1 aliphatic heterocycles. The van der Waals surface area contributed by atoms with Crippen LogP contribution < -0.4 is 4.74 Å². The van der Waals surface area contributed by atoms with E-state index in [4.69, 9.17) is 9.26 Å². The molecule has 0 radical (unpaired) electrons. The molecule has 3 aromatic heterocycles. The lowest BCUT2D eigenvalue weighted by Crippen LogP contribution is -2.15. The van der Waals surface area contributed by atoms with Gasteiger partial charge in [0, 0.05) is 18.0 Å². The van der Waals surface area contributed by atoms with Crippen LogP contribution in [0.1, 0.15) is 17.3 Å². The maximum absolute atomic E-state index is 5.94. The van der Waals surface area contributed by atoms with E-state index in [2.05, 4.69) is 19.7 Å². The first-order valence-corrected chi connectivity index (χ1v) is 8.57. The minimum Gasteiger partial charge on any atom is -0.489 e. The van der Waals surface area contributed by atoms with E-state index in [0.717, 1.165) is 51.7 Å². The number of rotatable bonds is 1. The van der Waals surface area contributed by atoms with Gasteiger partial charge in [-0.1, -0.05) is 11.2 Å². The fraction of sp³-hybridized carbons (Fsp3) is 0.250. The molecule has 1 aliphatic rings. The van der Waals surface area contributed by atoms with Gasteiger partial charge >= 0.3 is 0 Å². The second-order valence-electron chi connectivity index (χ2n) is 6.19. The molecule has 0 bridgehead atoms. The van der Waals surface area contributed by atoms with E-state index in [1.165, 1.54) is 0 Å². The lowest BCUT2D eigenvalue weighted by atomic mass is 10.0. The second-order valence-corrected chi connectivity index (χ2v) is 6.19. The normalized spacial score (nSPS) is 12.4. The highest BCUT2D eigenvalue weighted by Crippen LogP contribution is 2.41. The number of aromatic nitrogens is 4. The molecule has 0 saturated carbocycles. The van der Waals surface area contributed by atoms with E-state index in [9.17, 15) is 0 Å². The van der Waals surface area contributed by atoms with Gasteiger partial charge in [-0.15, -0.1) is 0 Å². The average molecular weight is 348 g/mol. The summed E-state index contributed by atoms with van der Waals surface area (Å²) in [5.41, 5.74) is 5.00. The number of aryl methyl sites for hydroxylation is 3. The van der Waals surface area contributed by atoms with Crippen LogP contribution in [0.3, 0.4) is 0 Å². The Hall–Kier alpha value is -3.15. The van der Waals surface area contributed by atoms with E-state index < -0.39 is 0 Å². The van der Waals surface area contributed by atoms with Crippen molar-refractivity contribution in [1.29, 1.82) is 0 Å². The molecule has 0 N–H and O–H groups in total. The number of pyridine rings is 1. The van der Waals surface area contributed by atoms with Crippen molar-refractivity contribution < 1.29 is 9.26 Å². The molecular formula is C20H20N4O2. The van der Waals surface area contributed by atoms with Gasteiger partial charge in [0.05, 0.1) is 23.3 Å². The maximum atomic E-state index is 5.94. The van der Waals surface area contributed by atoms with Crippen molar-refractivity contribution in [2.24, 2.45) is 0 Å². The smallest absolute Gasteiger partial charge is 0.153 e. The molecule has 1 aromatic carbocycles. The van der Waals surface area contributed by atoms with Crippen LogP contribution in [-0.4, -0.2) is 26.3 Å². The molecule has 4 aromatic rings. The van der Waals surface area contributed by atoms with Crippen molar-refractivity contribution in [2.75, 3.05) is 6.61 Å². The van der Waals surface area contributed by atoms with Crippen LogP contribution in [0.15, 0.2) is 47.2 Å². The molecule has 0 unspecified atom stereocenters. The van der Waals surface area contributed by atoms with Crippen LogP contribution in [0.25, 0.3) is 22.2 Å². The number of benzene rings is 1. The highest BCUT2D eigenvalue weighted by molar-refractivity contribution is 5.92. The van der Waals surface area contributed by atoms with Gasteiger partial charge in [-0.3, -0.25) is 4.98 Å². The first-order valence-electron chi connectivity index (χ1n) is 8.57. The van der Waals surface area contributed by atoms with Crippen molar-refractivity contribution in [2.45, 2.75) is 27.3 Å². The zero-order valence-electron chi connectivity index (χ0n) is 15.1. The van der Waals surface area contributed by atoms with Crippen LogP contribution in [0.2, 0.25) is 0 Å². The van der Waals surface area contributed by atoms with E-state index in [1.807, 2.05) is 51.1 Å². The van der Waals surface area contributed by atoms with Gasteiger partial charge in [-0.2, -0.15) is 0 Å². The Morgan fingerprint density at radius 2 is 1.85 bits per heavy atom. The molecule has 0 fully saturated rings. The van der Waals surface area contributed by atoms with Gasteiger partial charge < -0.3 is 13.8 Å². The Kier molecular flexibility index (Phi) is 4.16. The standard InChI is InChI=1S/C15H15N3O2.C5H5N/c1-8-13(9(2)20-17-8)11-4-5-12-14-15(11)19-7-6-18(14)10(3)16-12;1-2-4-6-5-3-1/h4-5H,6-7H2,1-3H3;1-5H. The first kappa shape index (κ1) is 16.3. The van der Waals surface area contributed by atoms with Gasteiger partial charge in [-0.05, 0) is 45.0 Å². The summed E-state index contributed by atoms with van der Waals surface area (Å²) in [6.07, 6.45) is 3.50. The number of nitrogens with zero attached hydrogens (tertiary/aromatic N) is 4. The lowest BCUT2D eigenvalue weighted by molar-refractivity contribution is 0.286. The summed E-state index contributed by atoms with van der Waals surface area (Å²) in [6, 6.07) is 9.80. The molecule has 26 heavy (non-hydrogen) atoms. The zero-order chi connectivity index (χ0) is 18.1. The number of hydrogen-bond acceptors (Lipinski definition) is 5. The predicted molar refractivity (Wildman–Crippen MR) is 99.2 cm³/mol. The van der Waals surface area contributed by atoms with Crippen molar-refractivity contribution in [1.82, 2.24) is 19.7 Å². The molecule has 132 valence electrons. The summed E-state index contributed by atoms with van der Waals surface area (Å²) >= 11 is 0. The highest BCUT2D eigenvalue weighted by Gasteiger charge is 2.24. The molecule has 0 amide bonds. The lowest BCUT2D eigenvalue weighted by Gasteiger charge is -2.20. The molecule has 0 saturated heterocycles. The van der Waals surface area contributed by atoms with Gasteiger partial charge in [0.2, 0.25) is 0 Å². The van der Waals surface area contributed by atoms with E-state index in [1.54, 1.807) is 12.4 Å². The van der Waals surface area contributed by atoms with E-state index >= 15 is 0 Å². The highest BCUT2D eigenvalue weighted by atomic mass is 16.5. The quantitative estimate of drug-likeness (QED) is 0.518. The Bertz CT molecular complexity index is 1000. The van der Waals surface area contributed by atoms with Crippen molar-refractivity contribution in [3.8, 4) is 16.9 Å². The minimum atomic E-state index is 0.666. The second kappa shape index (κ2) is 6.63. The largest absolute Gasteiger partial charge is 0.489 e. The Labute approximate surface area is 151 Å². The molecule has 4 heterocycles. The van der Waals surface area contributed by atoms with Crippen molar-refractivity contribution in [3.63, 3.8) is 0 Å². The summed E-state index contributed by atoms with van der Waals surface area (Å²) in [5, 5.41) is 4.04. The van der Waals surface area contributed by atoms with Gasteiger partial charge in [0.1, 0.15) is 23.7 Å². The van der Waals surface area contributed by atoms with Crippen LogP contribution in [0.4, 0.5) is 0 Å². The van der Waals surface area contributed by atoms with Crippen molar-refractivity contribution in [3.05, 3.63) is 60.0 Å². The van der Waals surface area contributed by atoms with E-state index in [-0.39, 0.29) is 0 Å². The fourth-order valence-electron chi connectivity index (χ4n) is 3.34. The predicted octanol–water partition coefficient (Wildman–Crippen LogP) is 4.09. The number of ether oxygens (including phenoxy) is 1. The summed E-state index contributed by atoms with van der Waals surface area (Å²) in [4.78, 5) is 8.38. The Morgan fingerprint density at radius 3 is 2.46 bits per heavy atom. The zero-order valence-corrected chi connectivity index (χ0v) is 15.1. The third-order valence-corrected chi connectivity index (χ3v) is 4.48. The Morgan fingerprint density at radius 1 is 1.04 bits per heavy atom. The topological polar surface area (TPSA) is 66.0 Å². The molecular weight excluding hydrogens is 328 g/mol. The number of hydrogen-bond donors (Lipinski definition) is 0. The average Bonchev–Trinajstić information content (AvgIpc) is 3.19. The monoisotopic (exact) mass is 348 g/mol. The molecule has 6 heteroatoms.